The van der Waals surface area contributed by atoms with Crippen molar-refractivity contribution < 1.29 is 14.6 Å². The van der Waals surface area contributed by atoms with E-state index in [2.05, 4.69) is 0 Å². The van der Waals surface area contributed by atoms with Gasteiger partial charge in [-0.3, -0.25) is 0 Å². The Kier molecular flexibility index (Phi) is 1.86. The van der Waals surface area contributed by atoms with Gasteiger partial charge < -0.3 is 14.6 Å². The molecule has 0 amide bonds. The van der Waals surface area contributed by atoms with Gasteiger partial charge in [-0.15, -0.1) is 0 Å². The monoisotopic (exact) mass is 192 g/mol. The molecule has 14 heavy (non-hydrogen) atoms. The van der Waals surface area contributed by atoms with Crippen molar-refractivity contribution in [3.05, 3.63) is 29.3 Å². The fourth-order valence-corrected chi connectivity index (χ4v) is 1.99. The van der Waals surface area contributed by atoms with Crippen molar-refractivity contribution in [2.45, 2.75) is 25.6 Å². The molecule has 1 aliphatic heterocycles. The zero-order chi connectivity index (χ0) is 10.3. The third kappa shape index (κ3) is 1.13. The van der Waals surface area contributed by atoms with Crippen molar-refractivity contribution in [3.8, 4) is 5.75 Å². The van der Waals surface area contributed by atoms with Crippen LogP contribution in [0, 0.1) is 0 Å². The second kappa shape index (κ2) is 2.82. The number of aldehydes is 1. The number of benzene rings is 1. The Morgan fingerprint density at radius 3 is 2.86 bits per heavy atom. The molecule has 1 aliphatic rings. The number of aromatic hydroxyl groups is 1. The van der Waals surface area contributed by atoms with Crippen LogP contribution in [0.2, 0.25) is 0 Å². The van der Waals surface area contributed by atoms with E-state index >= 15 is 0 Å². The van der Waals surface area contributed by atoms with E-state index in [1.807, 2.05) is 19.9 Å². The summed E-state index contributed by atoms with van der Waals surface area (Å²) in [6, 6.07) is 5.13. The number of carbonyl (C=O) groups excluding carboxylic acids is 1. The van der Waals surface area contributed by atoms with Crippen LogP contribution in [0.5, 0.6) is 5.75 Å². The Bertz CT molecular complexity index is 382. The van der Waals surface area contributed by atoms with Gasteiger partial charge in [0.05, 0.1) is 5.60 Å². The molecule has 0 spiro atoms. The summed E-state index contributed by atoms with van der Waals surface area (Å²) in [6.07, 6.45) is 0.208. The molecule has 1 N–H and O–H groups in total. The summed E-state index contributed by atoms with van der Waals surface area (Å²) in [5, 5.41) is 9.68. The van der Waals surface area contributed by atoms with Crippen LogP contribution in [0.25, 0.3) is 0 Å². The first-order valence-corrected chi connectivity index (χ1v) is 4.52. The Hall–Kier alpha value is -1.35. The highest BCUT2D eigenvalue weighted by molar-refractivity contribution is 5.65. The Morgan fingerprint density at radius 2 is 2.21 bits per heavy atom. The van der Waals surface area contributed by atoms with E-state index in [0.29, 0.717) is 0 Å². The normalized spacial score (nSPS) is 23.1. The zero-order valence-electron chi connectivity index (χ0n) is 8.15. The lowest BCUT2D eigenvalue weighted by Gasteiger charge is -2.19. The number of carbonyl (C=O) groups is 1. The summed E-state index contributed by atoms with van der Waals surface area (Å²) >= 11 is 0. The number of phenols is 1. The van der Waals surface area contributed by atoms with Crippen LogP contribution in [0.15, 0.2) is 18.2 Å². The van der Waals surface area contributed by atoms with E-state index in [1.54, 1.807) is 12.1 Å². The number of hydrogen-bond donors (Lipinski definition) is 1. The summed E-state index contributed by atoms with van der Waals surface area (Å²) in [5.74, 6) is 0.192. The second-order valence-corrected chi connectivity index (χ2v) is 3.93. The zero-order valence-corrected chi connectivity index (χ0v) is 8.15. The molecule has 0 aromatic heterocycles. The smallest absolute Gasteiger partial charge is 0.153 e. The van der Waals surface area contributed by atoms with E-state index in [-0.39, 0.29) is 5.75 Å². The molecular weight excluding hydrogens is 180 g/mol. The van der Waals surface area contributed by atoms with Gasteiger partial charge >= 0.3 is 0 Å². The fraction of sp³-hybridized carbons (Fsp3) is 0.364. The first-order valence-electron chi connectivity index (χ1n) is 4.52. The number of hydrogen-bond acceptors (Lipinski definition) is 3. The maximum Gasteiger partial charge on any atom is 0.153 e. The van der Waals surface area contributed by atoms with Gasteiger partial charge in [-0.1, -0.05) is 12.1 Å². The third-order valence-electron chi connectivity index (χ3n) is 2.53. The van der Waals surface area contributed by atoms with Gasteiger partial charge in [-0.2, -0.15) is 0 Å². The highest BCUT2D eigenvalue weighted by Gasteiger charge is 2.39. The molecule has 0 saturated heterocycles. The number of fused-ring (bicyclic) bond motifs is 1. The van der Waals surface area contributed by atoms with Crippen LogP contribution in [-0.2, 0) is 15.1 Å². The largest absolute Gasteiger partial charge is 0.508 e. The first-order chi connectivity index (χ1) is 6.56. The van der Waals surface area contributed by atoms with Gasteiger partial charge in [0.15, 0.2) is 6.29 Å². The van der Waals surface area contributed by atoms with E-state index < -0.39 is 11.7 Å². The minimum atomic E-state index is -0.591. The average Bonchev–Trinajstić information content (AvgIpc) is 2.39. The highest BCUT2D eigenvalue weighted by Crippen LogP contribution is 2.46. The molecule has 0 saturated carbocycles. The molecule has 1 heterocycles. The molecule has 0 fully saturated rings. The van der Waals surface area contributed by atoms with Gasteiger partial charge in [-0.05, 0) is 25.5 Å². The lowest BCUT2D eigenvalue weighted by atomic mass is 9.94. The van der Waals surface area contributed by atoms with Crippen LogP contribution in [0.1, 0.15) is 31.1 Å². The van der Waals surface area contributed by atoms with Crippen molar-refractivity contribution in [3.63, 3.8) is 0 Å². The van der Waals surface area contributed by atoms with E-state index in [1.165, 1.54) is 0 Å². The maximum absolute atomic E-state index is 10.8. The summed E-state index contributed by atoms with van der Waals surface area (Å²) in [5.41, 5.74) is 0.897. The lowest BCUT2D eigenvalue weighted by molar-refractivity contribution is -0.126. The number of ether oxygens (including phenoxy) is 1. The molecule has 0 bridgehead atoms. The number of rotatable bonds is 1. The molecule has 74 valence electrons. The van der Waals surface area contributed by atoms with Crippen LogP contribution >= 0.6 is 0 Å². The van der Waals surface area contributed by atoms with E-state index in [0.717, 1.165) is 17.4 Å². The van der Waals surface area contributed by atoms with Crippen molar-refractivity contribution in [1.29, 1.82) is 0 Å². The van der Waals surface area contributed by atoms with Gasteiger partial charge in [-0.25, -0.2) is 0 Å². The van der Waals surface area contributed by atoms with Crippen molar-refractivity contribution >= 4 is 6.29 Å². The summed E-state index contributed by atoms with van der Waals surface area (Å²) in [4.78, 5) is 10.8. The second-order valence-electron chi connectivity index (χ2n) is 3.93. The minimum Gasteiger partial charge on any atom is -0.508 e. The lowest BCUT2D eigenvalue weighted by Crippen LogP contribution is -2.16. The standard InChI is InChI=1S/C11H12O3/c1-11(2)10-7(9(6-12)14-11)4-3-5-8(10)13/h3-6,9,13H,1-2H3. The Morgan fingerprint density at radius 1 is 1.50 bits per heavy atom. The topological polar surface area (TPSA) is 46.5 Å². The SMILES string of the molecule is CC1(C)OC(C=O)c2cccc(O)c21. The van der Waals surface area contributed by atoms with E-state index in [4.69, 9.17) is 4.74 Å². The van der Waals surface area contributed by atoms with Crippen molar-refractivity contribution in [1.82, 2.24) is 0 Å². The quantitative estimate of drug-likeness (QED) is 0.691. The van der Waals surface area contributed by atoms with Gasteiger partial charge in [0, 0.05) is 5.56 Å². The molecule has 1 atom stereocenters. The molecule has 1 aromatic rings. The fourth-order valence-electron chi connectivity index (χ4n) is 1.99. The van der Waals surface area contributed by atoms with Gasteiger partial charge in [0.25, 0.3) is 0 Å². The Balaban J connectivity index is 2.65. The molecular formula is C11H12O3. The van der Waals surface area contributed by atoms with Gasteiger partial charge in [0.2, 0.25) is 0 Å². The minimum absolute atomic E-state index is 0.192. The molecule has 3 heteroatoms. The predicted octanol–water partition coefficient (Wildman–Crippen LogP) is 1.90. The molecule has 1 unspecified atom stereocenters. The molecule has 0 aliphatic carbocycles. The highest BCUT2D eigenvalue weighted by atomic mass is 16.5. The summed E-state index contributed by atoms with van der Waals surface area (Å²) < 4.78 is 5.52. The molecule has 0 radical (unpaired) electrons. The van der Waals surface area contributed by atoms with Crippen LogP contribution in [-0.4, -0.2) is 11.4 Å². The van der Waals surface area contributed by atoms with Gasteiger partial charge in [0.1, 0.15) is 11.9 Å². The van der Waals surface area contributed by atoms with Crippen LogP contribution in [0.4, 0.5) is 0 Å². The maximum atomic E-state index is 10.8. The van der Waals surface area contributed by atoms with Crippen LogP contribution in [0.3, 0.4) is 0 Å². The molecule has 2 rings (SSSR count). The molecule has 3 nitrogen and oxygen atoms in total. The van der Waals surface area contributed by atoms with E-state index in [9.17, 15) is 9.90 Å². The van der Waals surface area contributed by atoms with Crippen molar-refractivity contribution in [2.75, 3.05) is 0 Å². The molecule has 1 aromatic carbocycles. The first kappa shape index (κ1) is 9.21. The summed E-state index contributed by atoms with van der Waals surface area (Å²) in [7, 11) is 0. The van der Waals surface area contributed by atoms with Crippen LogP contribution < -0.4 is 0 Å². The summed E-state index contributed by atoms with van der Waals surface area (Å²) in [6.45, 7) is 3.68. The van der Waals surface area contributed by atoms with Crippen molar-refractivity contribution in [2.24, 2.45) is 0 Å². The predicted molar refractivity (Wildman–Crippen MR) is 51.0 cm³/mol. The average molecular weight is 192 g/mol. The number of phenolic OH excluding ortho intramolecular Hbond substituents is 1. The third-order valence-corrected chi connectivity index (χ3v) is 2.53. The Labute approximate surface area is 82.3 Å².